The molecule has 0 N–H and O–H groups in total. The Labute approximate surface area is 150 Å². The van der Waals surface area contributed by atoms with E-state index in [0.717, 1.165) is 18.1 Å². The van der Waals surface area contributed by atoms with Gasteiger partial charge in [0, 0.05) is 0 Å². The van der Waals surface area contributed by atoms with Gasteiger partial charge in [0.1, 0.15) is 5.75 Å². The molecule has 0 aliphatic heterocycles. The lowest BCUT2D eigenvalue weighted by atomic mass is 9.89. The number of rotatable bonds is 9. The van der Waals surface area contributed by atoms with E-state index in [1.165, 1.54) is 48.8 Å². The van der Waals surface area contributed by atoms with Crippen LogP contribution in [0.15, 0.2) is 18.2 Å². The molecule has 0 spiro atoms. The molecular weight excluding hydrogens is 292 g/mol. The zero-order chi connectivity index (χ0) is 18.2. The predicted molar refractivity (Wildman–Crippen MR) is 108 cm³/mol. The van der Waals surface area contributed by atoms with Crippen molar-refractivity contribution >= 4 is 6.08 Å². The van der Waals surface area contributed by atoms with Gasteiger partial charge in [-0.1, -0.05) is 78.5 Å². The maximum absolute atomic E-state index is 5.54. The highest BCUT2D eigenvalue weighted by Crippen LogP contribution is 2.28. The van der Waals surface area contributed by atoms with Crippen LogP contribution in [-0.2, 0) is 6.42 Å². The van der Waals surface area contributed by atoms with Gasteiger partial charge in [-0.2, -0.15) is 0 Å². The van der Waals surface area contributed by atoms with Crippen molar-refractivity contribution in [1.82, 2.24) is 0 Å². The van der Waals surface area contributed by atoms with Gasteiger partial charge < -0.3 is 4.74 Å². The molecule has 0 amide bonds. The smallest absolute Gasteiger partial charge is 0.122 e. The molecule has 0 heterocycles. The van der Waals surface area contributed by atoms with Crippen molar-refractivity contribution in [1.29, 1.82) is 0 Å². The molecule has 1 heteroatoms. The van der Waals surface area contributed by atoms with Crippen LogP contribution in [0.5, 0.6) is 5.75 Å². The van der Waals surface area contributed by atoms with Crippen molar-refractivity contribution in [2.75, 3.05) is 7.11 Å². The standard InChI is InChI=1S/C23H38O/c1-8-10-11-19(9-2)12-13-20-16-18(3)22(24-7)17-21(20)14-15-23(4,5)6/h14-17,19H,8-13H2,1-7H3. The molecule has 0 fully saturated rings. The van der Waals surface area contributed by atoms with E-state index in [9.17, 15) is 0 Å². The summed E-state index contributed by atoms with van der Waals surface area (Å²) in [4.78, 5) is 0. The minimum atomic E-state index is 0.197. The van der Waals surface area contributed by atoms with Gasteiger partial charge in [-0.15, -0.1) is 0 Å². The highest BCUT2D eigenvalue weighted by Gasteiger charge is 2.11. The molecule has 1 rings (SSSR count). The quantitative estimate of drug-likeness (QED) is 0.464. The molecule has 1 aromatic rings. The Morgan fingerprint density at radius 1 is 1.12 bits per heavy atom. The van der Waals surface area contributed by atoms with Crippen LogP contribution < -0.4 is 4.74 Å². The Morgan fingerprint density at radius 3 is 2.38 bits per heavy atom. The number of benzene rings is 1. The molecule has 136 valence electrons. The first-order valence-electron chi connectivity index (χ1n) is 9.67. The van der Waals surface area contributed by atoms with E-state index >= 15 is 0 Å². The van der Waals surface area contributed by atoms with Crippen LogP contribution in [0.2, 0.25) is 0 Å². The lowest BCUT2D eigenvalue weighted by Gasteiger charge is -2.17. The van der Waals surface area contributed by atoms with E-state index in [-0.39, 0.29) is 5.41 Å². The molecule has 1 nitrogen and oxygen atoms in total. The Morgan fingerprint density at radius 2 is 1.83 bits per heavy atom. The fourth-order valence-electron chi connectivity index (χ4n) is 3.10. The van der Waals surface area contributed by atoms with Crippen LogP contribution in [0, 0.1) is 18.3 Å². The molecule has 1 aromatic carbocycles. The number of allylic oxidation sites excluding steroid dienone is 1. The number of unbranched alkanes of at least 4 members (excludes halogenated alkanes) is 1. The summed E-state index contributed by atoms with van der Waals surface area (Å²) in [6, 6.07) is 4.54. The summed E-state index contributed by atoms with van der Waals surface area (Å²) in [5, 5.41) is 0. The lowest BCUT2D eigenvalue weighted by molar-refractivity contribution is 0.410. The van der Waals surface area contributed by atoms with Crippen molar-refractivity contribution in [3.05, 3.63) is 34.9 Å². The van der Waals surface area contributed by atoms with Gasteiger partial charge in [0.15, 0.2) is 0 Å². The van der Waals surface area contributed by atoms with Crippen LogP contribution in [0.4, 0.5) is 0 Å². The van der Waals surface area contributed by atoms with Gasteiger partial charge in [0.2, 0.25) is 0 Å². The normalized spacial score (nSPS) is 13.5. The van der Waals surface area contributed by atoms with E-state index in [4.69, 9.17) is 4.74 Å². The van der Waals surface area contributed by atoms with Crippen LogP contribution in [0.3, 0.4) is 0 Å². The van der Waals surface area contributed by atoms with Gasteiger partial charge in [-0.3, -0.25) is 0 Å². The van der Waals surface area contributed by atoms with Gasteiger partial charge in [0.25, 0.3) is 0 Å². The molecular formula is C23H38O. The van der Waals surface area contributed by atoms with E-state index in [1.54, 1.807) is 7.11 Å². The average molecular weight is 331 g/mol. The molecule has 0 saturated heterocycles. The lowest BCUT2D eigenvalue weighted by Crippen LogP contribution is -2.03. The van der Waals surface area contributed by atoms with Crippen molar-refractivity contribution < 1.29 is 4.74 Å². The molecule has 0 saturated carbocycles. The van der Waals surface area contributed by atoms with Crippen molar-refractivity contribution in [2.45, 2.75) is 80.1 Å². The van der Waals surface area contributed by atoms with Gasteiger partial charge >= 0.3 is 0 Å². The monoisotopic (exact) mass is 330 g/mol. The number of hydrogen-bond acceptors (Lipinski definition) is 1. The first-order chi connectivity index (χ1) is 11.3. The second-order valence-electron chi connectivity index (χ2n) is 8.18. The van der Waals surface area contributed by atoms with Crippen LogP contribution in [0.1, 0.15) is 83.4 Å². The molecule has 0 aromatic heterocycles. The maximum Gasteiger partial charge on any atom is 0.122 e. The van der Waals surface area contributed by atoms with E-state index in [2.05, 4.69) is 65.8 Å². The van der Waals surface area contributed by atoms with Gasteiger partial charge in [-0.05, 0) is 53.9 Å². The van der Waals surface area contributed by atoms with E-state index in [0.29, 0.717) is 0 Å². The maximum atomic E-state index is 5.54. The zero-order valence-electron chi connectivity index (χ0n) is 17.0. The second kappa shape index (κ2) is 9.91. The first kappa shape index (κ1) is 20.8. The van der Waals surface area contributed by atoms with Crippen molar-refractivity contribution in [3.8, 4) is 5.75 Å². The Bertz CT molecular complexity index is 520. The fraction of sp³-hybridized carbons (Fsp3) is 0.652. The molecule has 24 heavy (non-hydrogen) atoms. The average Bonchev–Trinajstić information content (AvgIpc) is 2.53. The Balaban J connectivity index is 2.98. The molecule has 1 unspecified atom stereocenters. The molecule has 0 bridgehead atoms. The number of aryl methyl sites for hydroxylation is 2. The van der Waals surface area contributed by atoms with Crippen LogP contribution in [-0.4, -0.2) is 7.11 Å². The number of methoxy groups -OCH3 is 1. The van der Waals surface area contributed by atoms with Gasteiger partial charge in [-0.25, -0.2) is 0 Å². The largest absolute Gasteiger partial charge is 0.496 e. The van der Waals surface area contributed by atoms with Crippen LogP contribution >= 0.6 is 0 Å². The Kier molecular flexibility index (Phi) is 8.59. The topological polar surface area (TPSA) is 9.23 Å². The summed E-state index contributed by atoms with van der Waals surface area (Å²) < 4.78 is 5.54. The minimum absolute atomic E-state index is 0.197. The first-order valence-corrected chi connectivity index (χ1v) is 9.67. The summed E-state index contributed by atoms with van der Waals surface area (Å²) in [7, 11) is 1.76. The minimum Gasteiger partial charge on any atom is -0.496 e. The van der Waals surface area contributed by atoms with E-state index in [1.807, 2.05) is 0 Å². The Hall–Kier alpha value is -1.24. The summed E-state index contributed by atoms with van der Waals surface area (Å²) in [6.07, 6.45) is 12.4. The van der Waals surface area contributed by atoms with Gasteiger partial charge in [0.05, 0.1) is 7.11 Å². The SMILES string of the molecule is CCCCC(CC)CCc1cc(C)c(OC)cc1C=CC(C)(C)C. The summed E-state index contributed by atoms with van der Waals surface area (Å²) >= 11 is 0. The fourth-order valence-corrected chi connectivity index (χ4v) is 3.10. The highest BCUT2D eigenvalue weighted by molar-refractivity contribution is 5.59. The van der Waals surface area contributed by atoms with Crippen molar-refractivity contribution in [2.24, 2.45) is 11.3 Å². The van der Waals surface area contributed by atoms with Crippen LogP contribution in [0.25, 0.3) is 6.08 Å². The molecule has 0 aliphatic rings. The predicted octanol–water partition coefficient (Wildman–Crippen LogP) is 7.21. The third-order valence-electron chi connectivity index (χ3n) is 4.78. The number of ether oxygens (including phenoxy) is 1. The van der Waals surface area contributed by atoms with Crippen molar-refractivity contribution in [3.63, 3.8) is 0 Å². The molecule has 1 atom stereocenters. The summed E-state index contributed by atoms with van der Waals surface area (Å²) in [5.74, 6) is 1.84. The van der Waals surface area contributed by atoms with E-state index < -0.39 is 0 Å². The third-order valence-corrected chi connectivity index (χ3v) is 4.78. The summed E-state index contributed by atoms with van der Waals surface area (Å²) in [6.45, 7) is 13.5. The summed E-state index contributed by atoms with van der Waals surface area (Å²) in [5.41, 5.74) is 4.21. The molecule has 0 radical (unpaired) electrons. The zero-order valence-corrected chi connectivity index (χ0v) is 17.0. The number of hydrogen-bond donors (Lipinski definition) is 0. The second-order valence-corrected chi connectivity index (χ2v) is 8.18. The third kappa shape index (κ3) is 7.11. The highest BCUT2D eigenvalue weighted by atomic mass is 16.5. The molecule has 0 aliphatic carbocycles.